The molecule has 10 heteroatoms. The molecule has 0 saturated carbocycles. The second-order valence-corrected chi connectivity index (χ2v) is 9.47. The predicted octanol–water partition coefficient (Wildman–Crippen LogP) is 3.93. The molecule has 35 heavy (non-hydrogen) atoms. The van der Waals surface area contributed by atoms with E-state index in [0.29, 0.717) is 25.9 Å². The quantitative estimate of drug-likeness (QED) is 0.340. The Hall–Kier alpha value is -2.95. The number of likely N-dealkylation sites (tertiary alicyclic amines) is 1. The third kappa shape index (κ3) is 6.81. The molecule has 1 aromatic heterocycles. The van der Waals surface area contributed by atoms with Crippen LogP contribution in [0.15, 0.2) is 65.7 Å². The Labute approximate surface area is 210 Å². The maximum absolute atomic E-state index is 14.6. The molecular formula is C25H25BrF2N4O3. The number of nitrogens with zero attached hydrogens (tertiary/aromatic N) is 4. The molecule has 3 aromatic rings. The van der Waals surface area contributed by atoms with Crippen LogP contribution in [0.5, 0.6) is 0 Å². The number of aromatic nitrogens is 3. The Balaban J connectivity index is 1.36. The van der Waals surface area contributed by atoms with E-state index in [1.165, 1.54) is 29.5 Å². The fourth-order valence-electron chi connectivity index (χ4n) is 4.20. The van der Waals surface area contributed by atoms with Crippen LogP contribution in [0.4, 0.5) is 8.78 Å². The SMILES string of the molecule is O=C(/C=C/c1cccc(Br)c1)OC1CCN(CC(O)(Cn2cncn2)c2ccc(F)cc2F)CC1. The monoisotopic (exact) mass is 546 g/mol. The summed E-state index contributed by atoms with van der Waals surface area (Å²) in [5.41, 5.74) is -0.798. The van der Waals surface area contributed by atoms with Crippen LogP contribution in [0.25, 0.3) is 6.08 Å². The van der Waals surface area contributed by atoms with Gasteiger partial charge >= 0.3 is 5.97 Å². The average Bonchev–Trinajstić information content (AvgIpc) is 3.31. The van der Waals surface area contributed by atoms with Crippen LogP contribution >= 0.6 is 15.9 Å². The van der Waals surface area contributed by atoms with Crippen molar-refractivity contribution in [2.75, 3.05) is 19.6 Å². The Morgan fingerprint density at radius 3 is 2.69 bits per heavy atom. The van der Waals surface area contributed by atoms with Gasteiger partial charge in [-0.3, -0.25) is 4.90 Å². The molecule has 1 aliphatic heterocycles. The number of carbonyl (C=O) groups is 1. The molecule has 1 atom stereocenters. The summed E-state index contributed by atoms with van der Waals surface area (Å²) in [6, 6.07) is 10.7. The molecule has 0 amide bonds. The van der Waals surface area contributed by atoms with Gasteiger partial charge in [-0.15, -0.1) is 0 Å². The van der Waals surface area contributed by atoms with Crippen molar-refractivity contribution < 1.29 is 23.4 Å². The molecule has 0 aliphatic carbocycles. The van der Waals surface area contributed by atoms with Crippen molar-refractivity contribution in [3.63, 3.8) is 0 Å². The van der Waals surface area contributed by atoms with Crippen molar-refractivity contribution in [1.29, 1.82) is 0 Å². The van der Waals surface area contributed by atoms with Crippen molar-refractivity contribution >= 4 is 28.0 Å². The molecule has 184 valence electrons. The summed E-state index contributed by atoms with van der Waals surface area (Å²) >= 11 is 3.40. The molecule has 2 heterocycles. The van der Waals surface area contributed by atoms with Gasteiger partial charge in [-0.05, 0) is 42.7 Å². The number of β-amino-alcohol motifs (C(OH)–C–C–N with tert-alkyl or cyclic N) is 1. The van der Waals surface area contributed by atoms with Crippen LogP contribution in [0, 0.1) is 11.6 Å². The highest BCUT2D eigenvalue weighted by Crippen LogP contribution is 2.29. The number of piperidine rings is 1. The third-order valence-electron chi connectivity index (χ3n) is 5.89. The van der Waals surface area contributed by atoms with E-state index in [1.54, 1.807) is 6.08 Å². The Kier molecular flexibility index (Phi) is 8.04. The molecule has 2 aromatic carbocycles. The lowest BCUT2D eigenvalue weighted by Gasteiger charge is -2.38. The van der Waals surface area contributed by atoms with Crippen LogP contribution in [0.3, 0.4) is 0 Å². The lowest BCUT2D eigenvalue weighted by Crippen LogP contribution is -2.48. The highest BCUT2D eigenvalue weighted by molar-refractivity contribution is 9.10. The van der Waals surface area contributed by atoms with Gasteiger partial charge in [0.15, 0.2) is 0 Å². The maximum Gasteiger partial charge on any atom is 0.331 e. The molecule has 0 radical (unpaired) electrons. The van der Waals surface area contributed by atoms with Crippen molar-refractivity contribution in [3.8, 4) is 0 Å². The van der Waals surface area contributed by atoms with Gasteiger partial charge in [0, 0.05) is 41.8 Å². The predicted molar refractivity (Wildman–Crippen MR) is 129 cm³/mol. The van der Waals surface area contributed by atoms with Crippen LogP contribution in [0.1, 0.15) is 24.0 Å². The van der Waals surface area contributed by atoms with Gasteiger partial charge in [-0.1, -0.05) is 34.1 Å². The van der Waals surface area contributed by atoms with Gasteiger partial charge in [0.1, 0.15) is 36.0 Å². The Bertz CT molecular complexity index is 1180. The van der Waals surface area contributed by atoms with E-state index in [0.717, 1.165) is 22.2 Å². The van der Waals surface area contributed by atoms with Crippen molar-refractivity contribution in [3.05, 3.63) is 88.4 Å². The number of halogens is 3. The summed E-state index contributed by atoms with van der Waals surface area (Å²) in [4.78, 5) is 18.1. The Morgan fingerprint density at radius 1 is 1.20 bits per heavy atom. The van der Waals surface area contributed by atoms with Crippen molar-refractivity contribution in [2.24, 2.45) is 0 Å². The van der Waals surface area contributed by atoms with E-state index in [2.05, 4.69) is 26.0 Å². The zero-order valence-electron chi connectivity index (χ0n) is 18.9. The molecule has 0 bridgehead atoms. The summed E-state index contributed by atoms with van der Waals surface area (Å²) in [6.07, 6.45) is 6.75. The van der Waals surface area contributed by atoms with Crippen LogP contribution in [0.2, 0.25) is 0 Å². The normalized spacial score (nSPS) is 16.9. The molecule has 0 spiro atoms. The van der Waals surface area contributed by atoms with Gasteiger partial charge in [-0.25, -0.2) is 23.2 Å². The maximum atomic E-state index is 14.6. The first kappa shape index (κ1) is 25.2. The lowest BCUT2D eigenvalue weighted by molar-refractivity contribution is -0.145. The molecule has 1 saturated heterocycles. The smallest absolute Gasteiger partial charge is 0.331 e. The fraction of sp³-hybridized carbons (Fsp3) is 0.320. The van der Waals surface area contributed by atoms with E-state index >= 15 is 0 Å². The number of benzene rings is 2. The summed E-state index contributed by atoms with van der Waals surface area (Å²) < 4.78 is 36.0. The summed E-state index contributed by atoms with van der Waals surface area (Å²) in [5, 5.41) is 15.5. The lowest BCUT2D eigenvalue weighted by atomic mass is 9.91. The van der Waals surface area contributed by atoms with Gasteiger partial charge in [0.25, 0.3) is 0 Å². The summed E-state index contributed by atoms with van der Waals surface area (Å²) in [7, 11) is 0. The minimum atomic E-state index is -1.66. The van der Waals surface area contributed by atoms with Crippen LogP contribution in [-0.4, -0.2) is 56.5 Å². The topological polar surface area (TPSA) is 80.5 Å². The molecule has 1 unspecified atom stereocenters. The first-order valence-corrected chi connectivity index (χ1v) is 12.0. The second kappa shape index (κ2) is 11.2. The second-order valence-electron chi connectivity index (χ2n) is 8.55. The third-order valence-corrected chi connectivity index (χ3v) is 6.38. The molecule has 1 aliphatic rings. The van der Waals surface area contributed by atoms with Crippen molar-refractivity contribution in [1.82, 2.24) is 19.7 Å². The largest absolute Gasteiger partial charge is 0.459 e. The number of rotatable bonds is 8. The zero-order valence-corrected chi connectivity index (χ0v) is 20.4. The molecular weight excluding hydrogens is 522 g/mol. The number of aliphatic hydroxyl groups is 1. The first-order valence-electron chi connectivity index (χ1n) is 11.2. The Morgan fingerprint density at radius 2 is 2.00 bits per heavy atom. The van der Waals surface area contributed by atoms with Crippen LogP contribution in [-0.2, 0) is 21.7 Å². The van der Waals surface area contributed by atoms with Crippen molar-refractivity contribution in [2.45, 2.75) is 31.1 Å². The number of esters is 1. The van der Waals surface area contributed by atoms with E-state index in [-0.39, 0.29) is 24.8 Å². The van der Waals surface area contributed by atoms with Gasteiger partial charge < -0.3 is 9.84 Å². The molecule has 1 fully saturated rings. The average molecular weight is 547 g/mol. The van der Waals surface area contributed by atoms with E-state index in [4.69, 9.17) is 4.74 Å². The molecule has 7 nitrogen and oxygen atoms in total. The highest BCUT2D eigenvalue weighted by Gasteiger charge is 2.37. The molecule has 4 rings (SSSR count). The standard InChI is InChI=1S/C25H25BrF2N4O3/c26-19-3-1-2-18(12-19)4-7-24(33)35-21-8-10-31(11-9-21)14-25(34,15-32-17-29-16-30-32)22-6-5-20(27)13-23(22)28/h1-7,12-13,16-17,21,34H,8-11,14-15H2/b7-4+. The number of ether oxygens (including phenoxy) is 1. The van der Waals surface area contributed by atoms with Gasteiger partial charge in [0.2, 0.25) is 0 Å². The number of hydrogen-bond donors (Lipinski definition) is 1. The van der Waals surface area contributed by atoms with E-state index in [1.807, 2.05) is 29.2 Å². The minimum Gasteiger partial charge on any atom is -0.459 e. The van der Waals surface area contributed by atoms with Crippen LogP contribution < -0.4 is 0 Å². The van der Waals surface area contributed by atoms with E-state index < -0.39 is 23.2 Å². The first-order chi connectivity index (χ1) is 16.8. The van der Waals surface area contributed by atoms with Gasteiger partial charge in [0.05, 0.1) is 6.54 Å². The van der Waals surface area contributed by atoms with E-state index in [9.17, 15) is 18.7 Å². The molecule has 1 N–H and O–H groups in total. The number of hydrogen-bond acceptors (Lipinski definition) is 6. The number of carbonyl (C=O) groups excluding carboxylic acids is 1. The summed E-state index contributed by atoms with van der Waals surface area (Å²) in [6.45, 7) is 1.12. The highest BCUT2D eigenvalue weighted by atomic mass is 79.9. The summed E-state index contributed by atoms with van der Waals surface area (Å²) in [5.74, 6) is -1.96. The zero-order chi connectivity index (χ0) is 24.8. The van der Waals surface area contributed by atoms with Gasteiger partial charge in [-0.2, -0.15) is 5.10 Å². The minimum absolute atomic E-state index is 0.0133. The fourth-order valence-corrected chi connectivity index (χ4v) is 4.62.